The molecule has 0 radical (unpaired) electrons. The lowest BCUT2D eigenvalue weighted by Gasteiger charge is -2.40. The van der Waals surface area contributed by atoms with Gasteiger partial charge in [0, 0.05) is 11.4 Å². The Hall–Kier alpha value is -4.48. The molecule has 43 heavy (non-hydrogen) atoms. The second-order valence-corrected chi connectivity index (χ2v) is 12.5. The molecular weight excluding hydrogens is 557 g/mol. The third-order valence-corrected chi connectivity index (χ3v) is 6.62. The van der Waals surface area contributed by atoms with E-state index in [2.05, 4.69) is 20.6 Å². The lowest BCUT2D eigenvalue weighted by atomic mass is 9.89. The number of carboxylic acid groups (broad SMARTS) is 1. The van der Waals surface area contributed by atoms with Gasteiger partial charge in [0.25, 0.3) is 0 Å². The van der Waals surface area contributed by atoms with Crippen molar-refractivity contribution in [3.05, 3.63) is 54.0 Å². The van der Waals surface area contributed by atoms with Gasteiger partial charge in [-0.05, 0) is 72.6 Å². The summed E-state index contributed by atoms with van der Waals surface area (Å²) in [6.07, 6.45) is 2.13. The number of benzene rings is 1. The Morgan fingerprint density at radius 3 is 2.21 bits per heavy atom. The zero-order chi connectivity index (χ0) is 31.5. The van der Waals surface area contributed by atoms with Crippen molar-refractivity contribution in [3.8, 4) is 0 Å². The van der Waals surface area contributed by atoms with E-state index in [1.165, 1.54) is 6.20 Å². The van der Waals surface area contributed by atoms with Crippen LogP contribution in [0.4, 0.5) is 31.3 Å². The van der Waals surface area contributed by atoms with E-state index in [0.29, 0.717) is 24.9 Å². The molecule has 0 spiro atoms. The van der Waals surface area contributed by atoms with Crippen molar-refractivity contribution < 1.29 is 33.4 Å². The highest BCUT2D eigenvalue weighted by molar-refractivity contribution is 5.95. The van der Waals surface area contributed by atoms with Crippen LogP contribution in [0.5, 0.6) is 0 Å². The third kappa shape index (κ3) is 8.08. The van der Waals surface area contributed by atoms with Gasteiger partial charge in [-0.25, -0.2) is 28.7 Å². The number of fused-ring (bicyclic) bond motifs is 1. The van der Waals surface area contributed by atoms with Gasteiger partial charge in [-0.2, -0.15) is 0 Å². The summed E-state index contributed by atoms with van der Waals surface area (Å²) in [6.45, 7) is 10.2. The van der Waals surface area contributed by atoms with Gasteiger partial charge < -0.3 is 25.2 Å². The van der Waals surface area contributed by atoms with Crippen molar-refractivity contribution in [1.29, 1.82) is 0 Å². The molecular formula is C31H38FN5O6. The highest BCUT2D eigenvalue weighted by atomic mass is 19.1. The molecule has 1 fully saturated rings. The number of carboxylic acids is 1. The average molecular weight is 596 g/mol. The molecule has 1 saturated carbocycles. The second kappa shape index (κ2) is 12.4. The maximum absolute atomic E-state index is 15.4. The summed E-state index contributed by atoms with van der Waals surface area (Å²) in [5.41, 5.74) is -0.923. The summed E-state index contributed by atoms with van der Waals surface area (Å²) in [5, 5.41) is 16.6. The smallest absolute Gasteiger partial charge is 0.420 e. The average Bonchev–Trinajstić information content (AvgIpc) is 2.89. The molecule has 1 aliphatic carbocycles. The van der Waals surface area contributed by atoms with Gasteiger partial charge >= 0.3 is 18.2 Å². The first-order valence-electron chi connectivity index (χ1n) is 14.2. The molecule has 3 aromatic rings. The summed E-state index contributed by atoms with van der Waals surface area (Å²) in [7, 11) is 0. The van der Waals surface area contributed by atoms with Crippen LogP contribution in [0.15, 0.2) is 42.6 Å². The molecule has 2 unspecified atom stereocenters. The molecule has 0 bridgehead atoms. The number of nitrogens with zero attached hydrogens (tertiary/aromatic N) is 3. The summed E-state index contributed by atoms with van der Waals surface area (Å²) in [5.74, 6) is -2.60. The molecule has 2 atom stereocenters. The minimum absolute atomic E-state index is 0.100. The van der Waals surface area contributed by atoms with Gasteiger partial charge in [0.15, 0.2) is 11.6 Å². The summed E-state index contributed by atoms with van der Waals surface area (Å²) in [6, 6.07) is 8.71. The number of ether oxygens (including phenoxy) is 2. The Morgan fingerprint density at radius 2 is 1.58 bits per heavy atom. The molecule has 12 heteroatoms. The van der Waals surface area contributed by atoms with Gasteiger partial charge in [0.1, 0.15) is 22.6 Å². The number of hydrogen-bond acceptors (Lipinski definition) is 9. The standard InChI is InChI=1S/C31H38FN5O6/c1-30(2,3)42-28(40)37(29(41)43-31(4,5)6)24-14-10-9-13-23(24)35-26-21(32)16-20(27(38)39)25(36-26)34-19-15-18-11-7-8-12-22(18)33-17-19/h7-8,11-12,15-17,23-24H,9-10,13-14H2,1-6H3,(H,38,39)(H2,34,35,36). The first-order chi connectivity index (χ1) is 20.1. The number of hydrogen-bond donors (Lipinski definition) is 3. The predicted molar refractivity (Wildman–Crippen MR) is 160 cm³/mol. The Balaban J connectivity index is 1.68. The lowest BCUT2D eigenvalue weighted by Crippen LogP contribution is -2.56. The number of pyridine rings is 2. The van der Waals surface area contributed by atoms with Crippen LogP contribution >= 0.6 is 0 Å². The summed E-state index contributed by atoms with van der Waals surface area (Å²) >= 11 is 0. The molecule has 0 saturated heterocycles. The zero-order valence-corrected chi connectivity index (χ0v) is 25.2. The van der Waals surface area contributed by atoms with Gasteiger partial charge in [-0.15, -0.1) is 0 Å². The van der Waals surface area contributed by atoms with E-state index in [1.807, 2.05) is 24.3 Å². The first kappa shape index (κ1) is 31.5. The Kier molecular flexibility index (Phi) is 9.07. The van der Waals surface area contributed by atoms with Crippen LogP contribution in [0, 0.1) is 5.82 Å². The number of carbonyl (C=O) groups is 3. The van der Waals surface area contributed by atoms with Crippen LogP contribution in [0.2, 0.25) is 0 Å². The number of amides is 2. The van der Waals surface area contributed by atoms with Crippen molar-refractivity contribution >= 4 is 46.4 Å². The van der Waals surface area contributed by atoms with Crippen molar-refractivity contribution in [3.63, 3.8) is 0 Å². The van der Waals surface area contributed by atoms with Crippen molar-refractivity contribution in [2.45, 2.75) is 90.5 Å². The molecule has 2 amide bonds. The number of nitrogens with one attached hydrogen (secondary N) is 2. The molecule has 2 heterocycles. The number of halogens is 1. The van der Waals surface area contributed by atoms with Gasteiger partial charge in [-0.3, -0.25) is 4.98 Å². The number of aromatic nitrogens is 2. The van der Waals surface area contributed by atoms with Crippen LogP contribution in [-0.4, -0.2) is 61.4 Å². The molecule has 3 N–H and O–H groups in total. The van der Waals surface area contributed by atoms with Gasteiger partial charge in [0.05, 0.1) is 23.4 Å². The Labute approximate surface area is 249 Å². The normalized spacial score (nSPS) is 17.2. The number of imide groups is 1. The fourth-order valence-corrected chi connectivity index (χ4v) is 4.86. The third-order valence-electron chi connectivity index (χ3n) is 6.62. The van der Waals surface area contributed by atoms with Crippen LogP contribution in [0.25, 0.3) is 10.9 Å². The van der Waals surface area contributed by atoms with Crippen LogP contribution in [0.3, 0.4) is 0 Å². The lowest BCUT2D eigenvalue weighted by molar-refractivity contribution is -0.0119. The van der Waals surface area contributed by atoms with Crippen molar-refractivity contribution in [2.24, 2.45) is 0 Å². The fourth-order valence-electron chi connectivity index (χ4n) is 4.86. The van der Waals surface area contributed by atoms with E-state index in [4.69, 9.17) is 9.47 Å². The molecule has 4 rings (SSSR count). The largest absolute Gasteiger partial charge is 0.478 e. The van der Waals surface area contributed by atoms with Gasteiger partial charge in [-0.1, -0.05) is 31.0 Å². The molecule has 1 aliphatic rings. The van der Waals surface area contributed by atoms with Crippen LogP contribution in [0.1, 0.15) is 77.6 Å². The van der Waals surface area contributed by atoms with Crippen molar-refractivity contribution in [1.82, 2.24) is 14.9 Å². The number of anilines is 3. The van der Waals surface area contributed by atoms with E-state index in [1.54, 1.807) is 47.6 Å². The summed E-state index contributed by atoms with van der Waals surface area (Å²) < 4.78 is 26.5. The predicted octanol–water partition coefficient (Wildman–Crippen LogP) is 7.11. The monoisotopic (exact) mass is 595 g/mol. The highest BCUT2D eigenvalue weighted by Crippen LogP contribution is 2.31. The second-order valence-electron chi connectivity index (χ2n) is 12.5. The van der Waals surface area contributed by atoms with E-state index in [0.717, 1.165) is 28.3 Å². The van der Waals surface area contributed by atoms with E-state index in [-0.39, 0.29) is 17.2 Å². The van der Waals surface area contributed by atoms with Crippen molar-refractivity contribution in [2.75, 3.05) is 10.6 Å². The van der Waals surface area contributed by atoms with Crippen LogP contribution in [-0.2, 0) is 9.47 Å². The molecule has 230 valence electrons. The number of rotatable bonds is 6. The van der Waals surface area contributed by atoms with E-state index >= 15 is 4.39 Å². The SMILES string of the molecule is CC(C)(C)OC(=O)N(C(=O)OC(C)(C)C)C1CCCCC1Nc1nc(Nc2cnc3ccccc3c2)c(C(=O)O)cc1F. The topological polar surface area (TPSA) is 143 Å². The molecule has 1 aromatic carbocycles. The minimum Gasteiger partial charge on any atom is -0.478 e. The maximum atomic E-state index is 15.4. The molecule has 2 aromatic heterocycles. The molecule has 0 aliphatic heterocycles. The van der Waals surface area contributed by atoms with E-state index < -0.39 is 47.3 Å². The number of aromatic carboxylic acids is 1. The van der Waals surface area contributed by atoms with Gasteiger partial charge in [0.2, 0.25) is 0 Å². The highest BCUT2D eigenvalue weighted by Gasteiger charge is 2.42. The number of carbonyl (C=O) groups excluding carboxylic acids is 2. The Bertz CT molecular complexity index is 1490. The van der Waals surface area contributed by atoms with Crippen LogP contribution < -0.4 is 10.6 Å². The van der Waals surface area contributed by atoms with E-state index in [9.17, 15) is 19.5 Å². The number of para-hydroxylation sites is 1. The Morgan fingerprint density at radius 1 is 0.953 bits per heavy atom. The zero-order valence-electron chi connectivity index (χ0n) is 25.2. The minimum atomic E-state index is -1.37. The first-order valence-corrected chi connectivity index (χ1v) is 14.2. The molecule has 11 nitrogen and oxygen atoms in total. The summed E-state index contributed by atoms with van der Waals surface area (Å²) in [4.78, 5) is 48.3. The fraction of sp³-hybridized carbons (Fsp3) is 0.452. The maximum Gasteiger partial charge on any atom is 0.420 e. The quantitative estimate of drug-likeness (QED) is 0.270.